The third kappa shape index (κ3) is 3.80. The zero-order valence-corrected chi connectivity index (χ0v) is 10.9. The third-order valence-corrected chi connectivity index (χ3v) is 2.68. The fourth-order valence-electron chi connectivity index (χ4n) is 1.41. The number of ketones is 1. The molecule has 0 amide bonds. The summed E-state index contributed by atoms with van der Waals surface area (Å²) < 4.78 is 4.10. The summed E-state index contributed by atoms with van der Waals surface area (Å²) in [6.07, 6.45) is 8.39. The van der Waals surface area contributed by atoms with Crippen LogP contribution in [0.5, 0.6) is 0 Å². The number of aryl methyl sites for hydroxylation is 1. The van der Waals surface area contributed by atoms with Crippen LogP contribution in [0.2, 0.25) is 0 Å². The zero-order valence-electron chi connectivity index (χ0n) is 10.9. The van der Waals surface area contributed by atoms with E-state index in [2.05, 4.69) is 11.5 Å². The lowest BCUT2D eigenvalue weighted by Gasteiger charge is -2.14. The Labute approximate surface area is 98.1 Å². The topological polar surface area (TPSA) is 25.9 Å². The van der Waals surface area contributed by atoms with Gasteiger partial charge in [-0.1, -0.05) is 34.1 Å². The van der Waals surface area contributed by atoms with Gasteiger partial charge in [0.25, 0.3) is 0 Å². The summed E-state index contributed by atoms with van der Waals surface area (Å²) in [4.78, 5) is 11.8. The number of imidazole rings is 1. The second-order valence-electron chi connectivity index (χ2n) is 5.35. The molecular weight excluding hydrogens is 200 g/mol. The molecule has 0 aromatic carbocycles. The largest absolute Gasteiger partial charge is 0.295 e. The van der Waals surface area contributed by atoms with E-state index in [4.69, 9.17) is 0 Å². The quantitative estimate of drug-likeness (QED) is 0.703. The molecule has 1 rings (SSSR count). The molecule has 0 unspecified atom stereocenters. The predicted octanol–water partition coefficient (Wildman–Crippen LogP) is 2.19. The van der Waals surface area contributed by atoms with Crippen LogP contribution in [-0.2, 0) is 17.9 Å². The van der Waals surface area contributed by atoms with E-state index in [0.29, 0.717) is 6.54 Å². The molecule has 1 heterocycles. The van der Waals surface area contributed by atoms with Crippen molar-refractivity contribution >= 4 is 5.78 Å². The first-order valence-corrected chi connectivity index (χ1v) is 6.01. The Morgan fingerprint density at radius 3 is 2.62 bits per heavy atom. The minimum atomic E-state index is -0.251. The Bertz CT molecular complexity index is 347. The van der Waals surface area contributed by atoms with Gasteiger partial charge in [0.2, 0.25) is 6.33 Å². The summed E-state index contributed by atoms with van der Waals surface area (Å²) in [5.74, 6) is 0.269. The molecular formula is C13H23N2O+. The number of Topliss-reactive ketones (excluding diaryl/α,β-unsaturated/α-hetero) is 1. The maximum Gasteiger partial charge on any atom is 0.244 e. The van der Waals surface area contributed by atoms with Crippen LogP contribution < -0.4 is 4.57 Å². The van der Waals surface area contributed by atoms with Gasteiger partial charge in [-0.15, -0.1) is 0 Å². The van der Waals surface area contributed by atoms with Crippen LogP contribution in [0.4, 0.5) is 0 Å². The van der Waals surface area contributed by atoms with Crippen molar-refractivity contribution in [2.45, 2.75) is 53.6 Å². The van der Waals surface area contributed by atoms with Crippen molar-refractivity contribution in [3.63, 3.8) is 0 Å². The van der Waals surface area contributed by atoms with E-state index in [0.717, 1.165) is 6.54 Å². The number of unbranched alkanes of at least 4 members (excludes halogenated alkanes) is 1. The molecule has 0 fully saturated rings. The number of hydrogen-bond acceptors (Lipinski definition) is 1. The van der Waals surface area contributed by atoms with Crippen LogP contribution in [0, 0.1) is 5.41 Å². The predicted molar refractivity (Wildman–Crippen MR) is 64.0 cm³/mol. The molecule has 0 aliphatic carbocycles. The summed E-state index contributed by atoms with van der Waals surface area (Å²) in [7, 11) is 0. The van der Waals surface area contributed by atoms with Crippen molar-refractivity contribution < 1.29 is 9.36 Å². The molecule has 0 aliphatic heterocycles. The van der Waals surface area contributed by atoms with Crippen molar-refractivity contribution in [3.8, 4) is 0 Å². The average Bonchev–Trinajstić information content (AvgIpc) is 2.61. The zero-order chi connectivity index (χ0) is 12.2. The van der Waals surface area contributed by atoms with Gasteiger partial charge in [0.1, 0.15) is 18.9 Å². The number of nitrogens with zero attached hydrogens (tertiary/aromatic N) is 2. The molecule has 1 aromatic heterocycles. The summed E-state index contributed by atoms with van der Waals surface area (Å²) in [5.41, 5.74) is -0.251. The van der Waals surface area contributed by atoms with E-state index in [1.165, 1.54) is 12.8 Å². The smallest absolute Gasteiger partial charge is 0.244 e. The molecule has 90 valence electrons. The Hall–Kier alpha value is -1.12. The Morgan fingerprint density at radius 1 is 1.38 bits per heavy atom. The van der Waals surface area contributed by atoms with Crippen molar-refractivity contribution in [3.05, 3.63) is 18.7 Å². The molecule has 3 nitrogen and oxygen atoms in total. The molecule has 1 aromatic rings. The maximum absolute atomic E-state index is 11.8. The summed E-state index contributed by atoms with van der Waals surface area (Å²) in [5, 5.41) is 0. The van der Waals surface area contributed by atoms with Gasteiger partial charge in [-0.05, 0) is 6.42 Å². The Kier molecular flexibility index (Phi) is 4.27. The van der Waals surface area contributed by atoms with E-state index >= 15 is 0 Å². The van der Waals surface area contributed by atoms with Crippen LogP contribution in [0.1, 0.15) is 40.5 Å². The van der Waals surface area contributed by atoms with Gasteiger partial charge in [-0.2, -0.15) is 0 Å². The number of aromatic nitrogens is 2. The van der Waals surface area contributed by atoms with E-state index in [9.17, 15) is 4.79 Å². The molecule has 3 heteroatoms. The van der Waals surface area contributed by atoms with Crippen LogP contribution >= 0.6 is 0 Å². The SMILES string of the molecule is CCCCn1cc[n+](CC(=O)C(C)(C)C)c1. The highest BCUT2D eigenvalue weighted by Gasteiger charge is 2.23. The minimum absolute atomic E-state index is 0.251. The second kappa shape index (κ2) is 5.28. The van der Waals surface area contributed by atoms with E-state index in [-0.39, 0.29) is 11.2 Å². The van der Waals surface area contributed by atoms with Gasteiger partial charge < -0.3 is 0 Å². The van der Waals surface area contributed by atoms with Crippen molar-refractivity contribution in [2.75, 3.05) is 0 Å². The molecule has 0 radical (unpaired) electrons. The van der Waals surface area contributed by atoms with Crippen LogP contribution in [0.25, 0.3) is 0 Å². The van der Waals surface area contributed by atoms with Crippen LogP contribution in [-0.4, -0.2) is 10.4 Å². The number of carbonyl (C=O) groups excluding carboxylic acids is 1. The van der Waals surface area contributed by atoms with Crippen molar-refractivity contribution in [2.24, 2.45) is 5.41 Å². The van der Waals surface area contributed by atoms with E-state index in [1.807, 2.05) is 44.1 Å². The van der Waals surface area contributed by atoms with Crippen LogP contribution in [0.3, 0.4) is 0 Å². The summed E-state index contributed by atoms with van der Waals surface area (Å²) >= 11 is 0. The Morgan fingerprint density at radius 2 is 2.06 bits per heavy atom. The highest BCUT2D eigenvalue weighted by Crippen LogP contribution is 2.14. The lowest BCUT2D eigenvalue weighted by molar-refractivity contribution is -0.684. The first kappa shape index (κ1) is 12.9. The maximum atomic E-state index is 11.8. The molecule has 0 atom stereocenters. The van der Waals surface area contributed by atoms with Crippen molar-refractivity contribution in [1.82, 2.24) is 4.57 Å². The summed E-state index contributed by atoms with van der Waals surface area (Å²) in [6.45, 7) is 9.58. The highest BCUT2D eigenvalue weighted by atomic mass is 16.1. The van der Waals surface area contributed by atoms with Gasteiger partial charge in [-0.25, -0.2) is 9.13 Å². The van der Waals surface area contributed by atoms with Gasteiger partial charge in [0.15, 0.2) is 5.78 Å². The van der Waals surface area contributed by atoms with Crippen LogP contribution in [0.15, 0.2) is 18.7 Å². The molecule has 0 aliphatic rings. The highest BCUT2D eigenvalue weighted by molar-refractivity contribution is 5.82. The van der Waals surface area contributed by atoms with Gasteiger partial charge >= 0.3 is 0 Å². The monoisotopic (exact) mass is 223 g/mol. The summed E-state index contributed by atoms with van der Waals surface area (Å²) in [6, 6.07) is 0. The Balaban J connectivity index is 2.55. The standard InChI is InChI=1S/C13H23N2O/c1-5-6-7-14-8-9-15(11-14)10-12(16)13(2,3)4/h8-9,11H,5-7,10H2,1-4H3/q+1. The number of hydrogen-bond donors (Lipinski definition) is 0. The molecule has 0 saturated heterocycles. The van der Waals surface area contributed by atoms with E-state index < -0.39 is 0 Å². The minimum Gasteiger partial charge on any atom is -0.295 e. The molecule has 0 saturated carbocycles. The van der Waals surface area contributed by atoms with E-state index in [1.54, 1.807) is 0 Å². The fraction of sp³-hybridized carbons (Fsp3) is 0.692. The molecule has 0 bridgehead atoms. The second-order valence-corrected chi connectivity index (χ2v) is 5.35. The normalized spacial score (nSPS) is 11.8. The molecule has 16 heavy (non-hydrogen) atoms. The number of carbonyl (C=O) groups is 1. The van der Waals surface area contributed by atoms with Gasteiger partial charge in [-0.3, -0.25) is 4.79 Å². The first-order valence-electron chi connectivity index (χ1n) is 6.01. The third-order valence-electron chi connectivity index (χ3n) is 2.68. The molecule has 0 spiro atoms. The number of rotatable bonds is 5. The fourth-order valence-corrected chi connectivity index (χ4v) is 1.41. The first-order chi connectivity index (χ1) is 7.43. The van der Waals surface area contributed by atoms with Gasteiger partial charge in [0.05, 0.1) is 6.54 Å². The van der Waals surface area contributed by atoms with Gasteiger partial charge in [0, 0.05) is 5.41 Å². The lowest BCUT2D eigenvalue weighted by Crippen LogP contribution is -2.40. The molecule has 0 N–H and O–H groups in total. The van der Waals surface area contributed by atoms with Crippen molar-refractivity contribution in [1.29, 1.82) is 0 Å². The average molecular weight is 223 g/mol. The lowest BCUT2D eigenvalue weighted by atomic mass is 9.91.